The molecule has 100 valence electrons. The molecule has 0 aromatic heterocycles. The minimum atomic E-state index is -3.14. The Labute approximate surface area is 114 Å². The number of nitrogens with one attached hydrogen (secondary N) is 1. The van der Waals surface area contributed by atoms with Gasteiger partial charge in [0.15, 0.2) is 0 Å². The lowest BCUT2D eigenvalue weighted by molar-refractivity contribution is 0.587. The van der Waals surface area contributed by atoms with Gasteiger partial charge in [0.25, 0.3) is 0 Å². The predicted octanol–water partition coefficient (Wildman–Crippen LogP) is 2.71. The highest BCUT2D eigenvalue weighted by atomic mass is 32.2. The number of hydrogen-bond donors (Lipinski definition) is 1. The molecular formula is C15H17NO2S. The van der Waals surface area contributed by atoms with Crippen LogP contribution in [0, 0.1) is 6.92 Å². The number of rotatable bonds is 4. The number of benzene rings is 2. The van der Waals surface area contributed by atoms with Crippen molar-refractivity contribution < 1.29 is 8.42 Å². The molecule has 2 rings (SSSR count). The Morgan fingerprint density at radius 1 is 0.895 bits per heavy atom. The summed E-state index contributed by atoms with van der Waals surface area (Å²) in [6, 6.07) is 16.2. The van der Waals surface area contributed by atoms with Crippen LogP contribution in [0.4, 0.5) is 0 Å². The van der Waals surface area contributed by atoms with Crippen molar-refractivity contribution in [2.75, 3.05) is 6.26 Å². The second-order valence-electron chi connectivity index (χ2n) is 4.66. The van der Waals surface area contributed by atoms with E-state index in [0.29, 0.717) is 6.54 Å². The molecule has 0 aliphatic carbocycles. The van der Waals surface area contributed by atoms with Gasteiger partial charge in [-0.15, -0.1) is 0 Å². The maximum absolute atomic E-state index is 11.0. The normalized spacial score (nSPS) is 11.5. The SMILES string of the molecule is Cc1ccc(-c2ccc(CNS(C)(=O)=O)cc2)cc1. The number of hydrogen-bond acceptors (Lipinski definition) is 2. The molecule has 2 aromatic rings. The van der Waals surface area contributed by atoms with Gasteiger partial charge in [-0.2, -0.15) is 0 Å². The lowest BCUT2D eigenvalue weighted by Crippen LogP contribution is -2.21. The maximum atomic E-state index is 11.0. The molecule has 0 aliphatic heterocycles. The minimum absolute atomic E-state index is 0.326. The van der Waals surface area contributed by atoms with E-state index >= 15 is 0 Å². The average Bonchev–Trinajstić information content (AvgIpc) is 2.37. The van der Waals surface area contributed by atoms with E-state index in [4.69, 9.17) is 0 Å². The summed E-state index contributed by atoms with van der Waals surface area (Å²) in [5.41, 5.74) is 4.47. The summed E-state index contributed by atoms with van der Waals surface area (Å²) in [6.45, 7) is 2.39. The van der Waals surface area contributed by atoms with Crippen LogP contribution >= 0.6 is 0 Å². The van der Waals surface area contributed by atoms with Crippen LogP contribution in [0.1, 0.15) is 11.1 Å². The van der Waals surface area contributed by atoms with E-state index in [1.807, 2.05) is 24.3 Å². The van der Waals surface area contributed by atoms with Gasteiger partial charge < -0.3 is 0 Å². The average molecular weight is 275 g/mol. The van der Waals surface area contributed by atoms with Crippen LogP contribution in [-0.2, 0) is 16.6 Å². The van der Waals surface area contributed by atoms with Gasteiger partial charge in [-0.25, -0.2) is 13.1 Å². The molecule has 0 spiro atoms. The van der Waals surface area contributed by atoms with Crippen LogP contribution in [0.15, 0.2) is 48.5 Å². The smallest absolute Gasteiger partial charge is 0.209 e. The summed E-state index contributed by atoms with van der Waals surface area (Å²) in [6.07, 6.45) is 1.16. The summed E-state index contributed by atoms with van der Waals surface area (Å²) in [4.78, 5) is 0. The van der Waals surface area contributed by atoms with E-state index in [9.17, 15) is 8.42 Å². The van der Waals surface area contributed by atoms with Gasteiger partial charge in [0.1, 0.15) is 0 Å². The molecule has 0 bridgehead atoms. The van der Waals surface area contributed by atoms with E-state index < -0.39 is 10.0 Å². The van der Waals surface area contributed by atoms with E-state index in [2.05, 4.69) is 35.9 Å². The first kappa shape index (κ1) is 13.8. The van der Waals surface area contributed by atoms with Crippen molar-refractivity contribution in [3.8, 4) is 11.1 Å². The lowest BCUT2D eigenvalue weighted by atomic mass is 10.0. The van der Waals surface area contributed by atoms with E-state index in [-0.39, 0.29) is 0 Å². The Morgan fingerprint density at radius 2 is 1.37 bits per heavy atom. The van der Waals surface area contributed by atoms with Gasteiger partial charge in [-0.3, -0.25) is 0 Å². The monoisotopic (exact) mass is 275 g/mol. The third kappa shape index (κ3) is 4.19. The zero-order valence-corrected chi connectivity index (χ0v) is 11.9. The number of aryl methyl sites for hydroxylation is 1. The van der Waals surface area contributed by atoms with Crippen LogP contribution in [0.25, 0.3) is 11.1 Å². The Kier molecular flexibility index (Phi) is 4.02. The summed E-state index contributed by atoms with van der Waals surface area (Å²) in [5, 5.41) is 0. The van der Waals surface area contributed by atoms with Crippen molar-refractivity contribution in [2.45, 2.75) is 13.5 Å². The van der Waals surface area contributed by atoms with Crippen LogP contribution < -0.4 is 4.72 Å². The fraction of sp³-hybridized carbons (Fsp3) is 0.200. The van der Waals surface area contributed by atoms with Crippen molar-refractivity contribution in [3.63, 3.8) is 0 Å². The molecule has 0 amide bonds. The Hall–Kier alpha value is -1.65. The second-order valence-corrected chi connectivity index (χ2v) is 6.49. The topological polar surface area (TPSA) is 46.2 Å². The van der Waals surface area contributed by atoms with Gasteiger partial charge >= 0.3 is 0 Å². The third-order valence-corrected chi connectivity index (χ3v) is 3.55. The molecule has 2 aromatic carbocycles. The van der Waals surface area contributed by atoms with Gasteiger partial charge in [0.05, 0.1) is 6.26 Å². The van der Waals surface area contributed by atoms with Crippen molar-refractivity contribution >= 4 is 10.0 Å². The molecule has 4 heteroatoms. The predicted molar refractivity (Wildman–Crippen MR) is 78.3 cm³/mol. The summed E-state index contributed by atoms with van der Waals surface area (Å²) < 4.78 is 24.5. The highest BCUT2D eigenvalue weighted by Crippen LogP contribution is 2.20. The molecule has 1 N–H and O–H groups in total. The largest absolute Gasteiger partial charge is 0.213 e. The first-order valence-electron chi connectivity index (χ1n) is 6.05. The van der Waals surface area contributed by atoms with Crippen LogP contribution in [0.3, 0.4) is 0 Å². The van der Waals surface area contributed by atoms with E-state index in [1.165, 1.54) is 5.56 Å². The highest BCUT2D eigenvalue weighted by Gasteiger charge is 2.02. The Bertz CT molecular complexity index is 644. The fourth-order valence-corrected chi connectivity index (χ4v) is 2.20. The quantitative estimate of drug-likeness (QED) is 0.932. The van der Waals surface area contributed by atoms with Gasteiger partial charge in [-0.1, -0.05) is 54.1 Å². The molecule has 0 heterocycles. The standard InChI is InChI=1S/C15H17NO2S/c1-12-3-7-14(8-4-12)15-9-5-13(6-10-15)11-16-19(2,17)18/h3-10,16H,11H2,1-2H3. The molecule has 0 saturated heterocycles. The fourth-order valence-electron chi connectivity index (χ4n) is 1.78. The number of sulfonamides is 1. The van der Waals surface area contributed by atoms with Gasteiger partial charge in [0.2, 0.25) is 10.0 Å². The Balaban J connectivity index is 2.12. The van der Waals surface area contributed by atoms with Crippen LogP contribution in [0.5, 0.6) is 0 Å². The zero-order valence-electron chi connectivity index (χ0n) is 11.1. The van der Waals surface area contributed by atoms with Gasteiger partial charge in [-0.05, 0) is 23.6 Å². The van der Waals surface area contributed by atoms with Crippen LogP contribution in [0.2, 0.25) is 0 Å². The lowest BCUT2D eigenvalue weighted by Gasteiger charge is -2.05. The second kappa shape index (κ2) is 5.55. The molecule has 19 heavy (non-hydrogen) atoms. The summed E-state index contributed by atoms with van der Waals surface area (Å²) in [5.74, 6) is 0. The molecule has 0 unspecified atom stereocenters. The van der Waals surface area contributed by atoms with Crippen molar-refractivity contribution in [2.24, 2.45) is 0 Å². The molecular weight excluding hydrogens is 258 g/mol. The van der Waals surface area contributed by atoms with Crippen molar-refractivity contribution in [1.29, 1.82) is 0 Å². The minimum Gasteiger partial charge on any atom is -0.213 e. The van der Waals surface area contributed by atoms with Gasteiger partial charge in [0, 0.05) is 6.54 Å². The first-order chi connectivity index (χ1) is 8.94. The first-order valence-corrected chi connectivity index (χ1v) is 7.94. The molecule has 0 fully saturated rings. The van der Waals surface area contributed by atoms with Crippen molar-refractivity contribution in [3.05, 3.63) is 59.7 Å². The zero-order chi connectivity index (χ0) is 13.9. The van der Waals surface area contributed by atoms with Crippen LogP contribution in [-0.4, -0.2) is 14.7 Å². The highest BCUT2D eigenvalue weighted by molar-refractivity contribution is 7.88. The maximum Gasteiger partial charge on any atom is 0.209 e. The molecule has 0 radical (unpaired) electrons. The summed E-state index contributed by atoms with van der Waals surface area (Å²) >= 11 is 0. The molecule has 0 atom stereocenters. The molecule has 0 saturated carbocycles. The van der Waals surface area contributed by atoms with E-state index in [0.717, 1.165) is 22.9 Å². The van der Waals surface area contributed by atoms with Crippen molar-refractivity contribution in [1.82, 2.24) is 4.72 Å². The third-order valence-electron chi connectivity index (χ3n) is 2.88. The summed E-state index contributed by atoms with van der Waals surface area (Å²) in [7, 11) is -3.14. The molecule has 3 nitrogen and oxygen atoms in total. The van der Waals surface area contributed by atoms with E-state index in [1.54, 1.807) is 0 Å². The Morgan fingerprint density at radius 3 is 1.84 bits per heavy atom. The molecule has 0 aliphatic rings.